The summed E-state index contributed by atoms with van der Waals surface area (Å²) in [5, 5.41) is 0. The average Bonchev–Trinajstić information content (AvgIpc) is 2.54. The molecule has 0 unspecified atom stereocenters. The number of amides is 1. The largest absolute Gasteiger partial charge is 0.493 e. The first-order valence-corrected chi connectivity index (χ1v) is 7.00. The van der Waals surface area contributed by atoms with Crippen LogP contribution in [0, 0.1) is 6.92 Å². The number of carbonyl (C=O) groups excluding carboxylic acids is 1. The summed E-state index contributed by atoms with van der Waals surface area (Å²) in [4.78, 5) is 17.8. The van der Waals surface area contributed by atoms with E-state index in [-0.39, 0.29) is 12.5 Å². The van der Waals surface area contributed by atoms with E-state index in [1.807, 2.05) is 37.3 Å². The van der Waals surface area contributed by atoms with Crippen molar-refractivity contribution in [3.63, 3.8) is 0 Å². The van der Waals surface area contributed by atoms with Crippen molar-refractivity contribution in [1.82, 2.24) is 9.88 Å². The highest BCUT2D eigenvalue weighted by Crippen LogP contribution is 2.27. The van der Waals surface area contributed by atoms with Gasteiger partial charge in [-0.15, -0.1) is 0 Å². The summed E-state index contributed by atoms with van der Waals surface area (Å²) < 4.78 is 10.8. The van der Waals surface area contributed by atoms with Crippen molar-refractivity contribution >= 4 is 5.91 Å². The Bertz CT molecular complexity index is 629. The fourth-order valence-electron chi connectivity index (χ4n) is 2.00. The number of rotatable bonds is 6. The van der Waals surface area contributed by atoms with Crippen LogP contribution in [-0.2, 0) is 11.3 Å². The summed E-state index contributed by atoms with van der Waals surface area (Å²) in [5.74, 6) is 1.09. The lowest BCUT2D eigenvalue weighted by molar-refractivity contribution is -0.132. The Hall–Kier alpha value is -2.56. The molecular weight excluding hydrogens is 280 g/mol. The molecule has 0 spiro atoms. The van der Waals surface area contributed by atoms with Crippen molar-refractivity contribution in [3.05, 3.63) is 53.9 Å². The molecule has 0 aliphatic heterocycles. The molecule has 0 N–H and O–H groups in total. The molecule has 5 heteroatoms. The number of hydrogen-bond acceptors (Lipinski definition) is 4. The second-order valence-electron chi connectivity index (χ2n) is 5.05. The smallest absolute Gasteiger partial charge is 0.260 e. The van der Waals surface area contributed by atoms with Gasteiger partial charge in [-0.25, -0.2) is 0 Å². The van der Waals surface area contributed by atoms with Crippen LogP contribution in [0.5, 0.6) is 11.5 Å². The molecule has 0 saturated carbocycles. The standard InChI is InChI=1S/C17H20N2O3/c1-13-6-7-15(16(9-13)21-3)22-12-17(20)19(2)11-14-5-4-8-18-10-14/h4-10H,11-12H2,1-3H3. The fourth-order valence-corrected chi connectivity index (χ4v) is 2.00. The van der Waals surface area contributed by atoms with Gasteiger partial charge in [0.1, 0.15) is 0 Å². The minimum Gasteiger partial charge on any atom is -0.493 e. The molecule has 2 rings (SSSR count). The van der Waals surface area contributed by atoms with Gasteiger partial charge in [-0.1, -0.05) is 12.1 Å². The highest BCUT2D eigenvalue weighted by molar-refractivity contribution is 5.77. The number of pyridine rings is 1. The molecule has 1 aromatic carbocycles. The average molecular weight is 300 g/mol. The molecule has 5 nitrogen and oxygen atoms in total. The Balaban J connectivity index is 1.92. The molecule has 0 fully saturated rings. The molecule has 22 heavy (non-hydrogen) atoms. The van der Waals surface area contributed by atoms with Gasteiger partial charge in [0.05, 0.1) is 7.11 Å². The maximum atomic E-state index is 12.1. The van der Waals surface area contributed by atoms with Crippen LogP contribution in [-0.4, -0.2) is 36.6 Å². The monoisotopic (exact) mass is 300 g/mol. The predicted octanol–water partition coefficient (Wildman–Crippen LogP) is 2.44. The first kappa shape index (κ1) is 15.8. The Kier molecular flexibility index (Phi) is 5.36. The number of aryl methyl sites for hydroxylation is 1. The third kappa shape index (κ3) is 4.22. The van der Waals surface area contributed by atoms with E-state index >= 15 is 0 Å². The van der Waals surface area contributed by atoms with Gasteiger partial charge in [0.2, 0.25) is 0 Å². The number of methoxy groups -OCH3 is 1. The van der Waals surface area contributed by atoms with Gasteiger partial charge in [0.25, 0.3) is 5.91 Å². The van der Waals surface area contributed by atoms with E-state index in [9.17, 15) is 4.79 Å². The van der Waals surface area contributed by atoms with Crippen LogP contribution < -0.4 is 9.47 Å². The fraction of sp³-hybridized carbons (Fsp3) is 0.294. The van der Waals surface area contributed by atoms with E-state index in [0.29, 0.717) is 18.0 Å². The lowest BCUT2D eigenvalue weighted by atomic mass is 10.2. The highest BCUT2D eigenvalue weighted by Gasteiger charge is 2.12. The van der Waals surface area contributed by atoms with E-state index in [1.54, 1.807) is 31.5 Å². The van der Waals surface area contributed by atoms with E-state index in [4.69, 9.17) is 9.47 Å². The van der Waals surface area contributed by atoms with Crippen molar-refractivity contribution in [1.29, 1.82) is 0 Å². The first-order valence-electron chi connectivity index (χ1n) is 7.00. The van der Waals surface area contributed by atoms with Gasteiger partial charge in [0.15, 0.2) is 18.1 Å². The van der Waals surface area contributed by atoms with Gasteiger partial charge in [-0.05, 0) is 36.2 Å². The van der Waals surface area contributed by atoms with Gasteiger partial charge < -0.3 is 14.4 Å². The highest BCUT2D eigenvalue weighted by atomic mass is 16.5. The molecule has 0 bridgehead atoms. The zero-order chi connectivity index (χ0) is 15.9. The summed E-state index contributed by atoms with van der Waals surface area (Å²) in [5.41, 5.74) is 2.05. The van der Waals surface area contributed by atoms with E-state index in [1.165, 1.54) is 0 Å². The number of ether oxygens (including phenoxy) is 2. The van der Waals surface area contributed by atoms with Crippen LogP contribution in [0.25, 0.3) is 0 Å². The summed E-state index contributed by atoms with van der Waals surface area (Å²) in [6, 6.07) is 9.38. The van der Waals surface area contributed by atoms with Crippen LogP contribution >= 0.6 is 0 Å². The molecular formula is C17H20N2O3. The molecule has 0 atom stereocenters. The molecule has 0 radical (unpaired) electrons. The molecule has 0 aliphatic rings. The van der Waals surface area contributed by atoms with Crippen LogP contribution in [0.2, 0.25) is 0 Å². The van der Waals surface area contributed by atoms with Crippen molar-refractivity contribution in [2.75, 3.05) is 20.8 Å². The maximum absolute atomic E-state index is 12.1. The SMILES string of the molecule is COc1cc(C)ccc1OCC(=O)N(C)Cc1cccnc1. The van der Waals surface area contributed by atoms with Crippen molar-refractivity contribution in [3.8, 4) is 11.5 Å². The van der Waals surface area contributed by atoms with E-state index < -0.39 is 0 Å². The predicted molar refractivity (Wildman–Crippen MR) is 83.9 cm³/mol. The van der Waals surface area contributed by atoms with Gasteiger partial charge >= 0.3 is 0 Å². The molecule has 1 aromatic heterocycles. The molecule has 2 aromatic rings. The summed E-state index contributed by atoms with van der Waals surface area (Å²) in [7, 11) is 3.32. The lowest BCUT2D eigenvalue weighted by Crippen LogP contribution is -2.31. The Morgan fingerprint density at radius 2 is 2.09 bits per heavy atom. The first-order chi connectivity index (χ1) is 10.6. The van der Waals surface area contributed by atoms with Crippen molar-refractivity contribution in [2.45, 2.75) is 13.5 Å². The number of hydrogen-bond donors (Lipinski definition) is 0. The third-order valence-corrected chi connectivity index (χ3v) is 3.24. The van der Waals surface area contributed by atoms with Crippen molar-refractivity contribution in [2.24, 2.45) is 0 Å². The normalized spacial score (nSPS) is 10.1. The summed E-state index contributed by atoms with van der Waals surface area (Å²) in [6.07, 6.45) is 3.45. The maximum Gasteiger partial charge on any atom is 0.260 e. The quantitative estimate of drug-likeness (QED) is 0.822. The zero-order valence-electron chi connectivity index (χ0n) is 13.1. The third-order valence-electron chi connectivity index (χ3n) is 3.24. The van der Waals surface area contributed by atoms with Crippen LogP contribution in [0.3, 0.4) is 0 Å². The Morgan fingerprint density at radius 1 is 1.27 bits per heavy atom. The minimum atomic E-state index is -0.105. The molecule has 116 valence electrons. The Labute approximate surface area is 130 Å². The Morgan fingerprint density at radius 3 is 2.77 bits per heavy atom. The van der Waals surface area contributed by atoms with Gasteiger partial charge in [-0.3, -0.25) is 9.78 Å². The van der Waals surface area contributed by atoms with Crippen LogP contribution in [0.4, 0.5) is 0 Å². The lowest BCUT2D eigenvalue weighted by Gasteiger charge is -2.18. The van der Waals surface area contributed by atoms with E-state index in [2.05, 4.69) is 4.98 Å². The van der Waals surface area contributed by atoms with E-state index in [0.717, 1.165) is 11.1 Å². The number of benzene rings is 1. The van der Waals surface area contributed by atoms with Crippen LogP contribution in [0.1, 0.15) is 11.1 Å². The topological polar surface area (TPSA) is 51.7 Å². The second kappa shape index (κ2) is 7.45. The van der Waals surface area contributed by atoms with Gasteiger partial charge in [-0.2, -0.15) is 0 Å². The molecule has 1 amide bonds. The molecule has 1 heterocycles. The second-order valence-corrected chi connectivity index (χ2v) is 5.05. The van der Waals surface area contributed by atoms with Gasteiger partial charge in [0, 0.05) is 26.0 Å². The number of aromatic nitrogens is 1. The molecule has 0 saturated heterocycles. The summed E-state index contributed by atoms with van der Waals surface area (Å²) >= 11 is 0. The van der Waals surface area contributed by atoms with Crippen molar-refractivity contribution < 1.29 is 14.3 Å². The van der Waals surface area contributed by atoms with Crippen LogP contribution in [0.15, 0.2) is 42.7 Å². The zero-order valence-corrected chi connectivity index (χ0v) is 13.1. The summed E-state index contributed by atoms with van der Waals surface area (Å²) in [6.45, 7) is 2.44. The number of carbonyl (C=O) groups is 1. The molecule has 0 aliphatic carbocycles. The minimum absolute atomic E-state index is 0.0316. The number of likely N-dealkylation sites (N-methyl/N-ethyl adjacent to an activating group) is 1. The number of nitrogens with zero attached hydrogens (tertiary/aromatic N) is 2.